The molecule has 0 unspecified atom stereocenters. The number of hydrogen-bond acceptors (Lipinski definition) is 5. The third kappa shape index (κ3) is 5.80. The van der Waals surface area contributed by atoms with Gasteiger partial charge in [-0.2, -0.15) is 8.78 Å². The molecule has 1 N–H and O–H groups in total. The fourth-order valence-electron chi connectivity index (χ4n) is 2.55. The number of hydrogen-bond donors (Lipinski definition) is 1. The number of amides is 1. The first kappa shape index (κ1) is 21.8. The van der Waals surface area contributed by atoms with Crippen LogP contribution in [0, 0.1) is 0 Å². The van der Waals surface area contributed by atoms with Crippen LogP contribution in [0.5, 0.6) is 5.75 Å². The van der Waals surface area contributed by atoms with Crippen molar-refractivity contribution in [2.75, 3.05) is 11.1 Å². The minimum atomic E-state index is -2.90. The van der Waals surface area contributed by atoms with Gasteiger partial charge in [-0.05, 0) is 48.5 Å². The SMILES string of the molecule is C=CCn1c(SCC(=O)Nc2ccc(OC(F)F)cc2)nnc1-c1ccc(Cl)cc1. The van der Waals surface area contributed by atoms with Crippen molar-refractivity contribution in [3.8, 4) is 17.1 Å². The number of nitrogens with zero attached hydrogens (tertiary/aromatic N) is 3. The Labute approximate surface area is 180 Å². The van der Waals surface area contributed by atoms with Crippen molar-refractivity contribution in [2.24, 2.45) is 0 Å². The average Bonchev–Trinajstić information content (AvgIpc) is 3.11. The van der Waals surface area contributed by atoms with E-state index in [4.69, 9.17) is 11.6 Å². The topological polar surface area (TPSA) is 69.0 Å². The third-order valence-electron chi connectivity index (χ3n) is 3.83. The predicted octanol–water partition coefficient (Wildman–Crippen LogP) is 5.12. The second-order valence-corrected chi connectivity index (χ2v) is 7.33. The van der Waals surface area contributed by atoms with E-state index in [1.54, 1.807) is 18.2 Å². The van der Waals surface area contributed by atoms with Crippen molar-refractivity contribution in [2.45, 2.75) is 18.3 Å². The van der Waals surface area contributed by atoms with Crippen LogP contribution in [0.1, 0.15) is 0 Å². The molecule has 1 heterocycles. The monoisotopic (exact) mass is 450 g/mol. The third-order valence-corrected chi connectivity index (χ3v) is 5.05. The number of anilines is 1. The van der Waals surface area contributed by atoms with Crippen LogP contribution in [0.25, 0.3) is 11.4 Å². The molecule has 0 aliphatic rings. The van der Waals surface area contributed by atoms with Crippen molar-refractivity contribution in [1.82, 2.24) is 14.8 Å². The van der Waals surface area contributed by atoms with Crippen LogP contribution in [0.3, 0.4) is 0 Å². The predicted molar refractivity (Wildman–Crippen MR) is 113 cm³/mol. The molecule has 1 amide bonds. The quantitative estimate of drug-likeness (QED) is 0.362. The van der Waals surface area contributed by atoms with Gasteiger partial charge in [-0.15, -0.1) is 16.8 Å². The molecule has 3 rings (SSSR count). The lowest BCUT2D eigenvalue weighted by Crippen LogP contribution is -2.14. The number of thioether (sulfide) groups is 1. The fourth-order valence-corrected chi connectivity index (χ4v) is 3.42. The maximum absolute atomic E-state index is 12.3. The van der Waals surface area contributed by atoms with Gasteiger partial charge in [-0.1, -0.05) is 29.4 Å². The number of alkyl halides is 2. The Morgan fingerprint density at radius 2 is 1.90 bits per heavy atom. The van der Waals surface area contributed by atoms with Gasteiger partial charge in [0.05, 0.1) is 5.75 Å². The van der Waals surface area contributed by atoms with Crippen molar-refractivity contribution in [1.29, 1.82) is 0 Å². The molecule has 3 aromatic rings. The number of nitrogens with one attached hydrogen (secondary N) is 1. The van der Waals surface area contributed by atoms with Crippen LogP contribution < -0.4 is 10.1 Å². The molecular weight excluding hydrogens is 434 g/mol. The van der Waals surface area contributed by atoms with Gasteiger partial charge in [0.1, 0.15) is 5.75 Å². The van der Waals surface area contributed by atoms with Gasteiger partial charge in [-0.3, -0.25) is 9.36 Å². The zero-order chi connectivity index (χ0) is 21.5. The van der Waals surface area contributed by atoms with Gasteiger partial charge >= 0.3 is 6.61 Å². The van der Waals surface area contributed by atoms with Gasteiger partial charge < -0.3 is 10.1 Å². The summed E-state index contributed by atoms with van der Waals surface area (Å²) >= 11 is 7.16. The van der Waals surface area contributed by atoms with Crippen molar-refractivity contribution in [3.63, 3.8) is 0 Å². The van der Waals surface area contributed by atoms with Crippen molar-refractivity contribution in [3.05, 3.63) is 66.2 Å². The highest BCUT2D eigenvalue weighted by molar-refractivity contribution is 7.99. The Bertz CT molecular complexity index is 1010. The minimum absolute atomic E-state index is 0.0182. The molecule has 0 fully saturated rings. The van der Waals surface area contributed by atoms with E-state index in [1.165, 1.54) is 36.0 Å². The van der Waals surface area contributed by atoms with Gasteiger partial charge in [-0.25, -0.2) is 0 Å². The van der Waals surface area contributed by atoms with Gasteiger partial charge in [0.15, 0.2) is 11.0 Å². The number of ether oxygens (including phenoxy) is 1. The Kier molecular flexibility index (Phi) is 7.42. The number of allylic oxidation sites excluding steroid dienone is 1. The fraction of sp³-hybridized carbons (Fsp3) is 0.150. The van der Waals surface area contributed by atoms with Crippen LogP contribution in [-0.4, -0.2) is 33.0 Å². The molecule has 30 heavy (non-hydrogen) atoms. The number of carbonyl (C=O) groups is 1. The number of carbonyl (C=O) groups excluding carboxylic acids is 1. The van der Waals surface area contributed by atoms with Crippen LogP contribution in [0.15, 0.2) is 66.3 Å². The maximum Gasteiger partial charge on any atom is 0.387 e. The van der Waals surface area contributed by atoms with E-state index in [1.807, 2.05) is 16.7 Å². The Morgan fingerprint density at radius 3 is 2.53 bits per heavy atom. The van der Waals surface area contributed by atoms with E-state index >= 15 is 0 Å². The van der Waals surface area contributed by atoms with E-state index in [-0.39, 0.29) is 17.4 Å². The standard InChI is InChI=1S/C20H17ClF2N4O2S/c1-2-11-27-18(13-3-5-14(21)6-4-13)25-26-20(27)30-12-17(28)24-15-7-9-16(10-8-15)29-19(22)23/h2-10,19H,1,11-12H2,(H,24,28). The molecule has 0 saturated heterocycles. The molecular formula is C20H17ClF2N4O2S. The van der Waals surface area contributed by atoms with Crippen LogP contribution >= 0.6 is 23.4 Å². The molecule has 0 atom stereocenters. The highest BCUT2D eigenvalue weighted by Crippen LogP contribution is 2.25. The van der Waals surface area contributed by atoms with Crippen molar-refractivity contribution < 1.29 is 18.3 Å². The van der Waals surface area contributed by atoms with Gasteiger partial charge in [0, 0.05) is 22.8 Å². The lowest BCUT2D eigenvalue weighted by molar-refractivity contribution is -0.113. The van der Waals surface area contributed by atoms with Crippen molar-refractivity contribution >= 4 is 35.0 Å². The van der Waals surface area contributed by atoms with Crippen LogP contribution in [0.4, 0.5) is 14.5 Å². The van der Waals surface area contributed by atoms with E-state index in [2.05, 4.69) is 26.8 Å². The number of benzene rings is 2. The summed E-state index contributed by atoms with van der Waals surface area (Å²) in [5.74, 6) is 0.475. The number of halogens is 3. The smallest absolute Gasteiger partial charge is 0.387 e. The number of aromatic nitrogens is 3. The highest BCUT2D eigenvalue weighted by Gasteiger charge is 2.15. The second kappa shape index (κ2) is 10.2. The molecule has 10 heteroatoms. The normalized spacial score (nSPS) is 10.8. The molecule has 1 aromatic heterocycles. The molecule has 0 aliphatic heterocycles. The molecule has 2 aromatic carbocycles. The summed E-state index contributed by atoms with van der Waals surface area (Å²) in [5, 5.41) is 12.3. The molecule has 0 radical (unpaired) electrons. The largest absolute Gasteiger partial charge is 0.435 e. The minimum Gasteiger partial charge on any atom is -0.435 e. The molecule has 0 saturated carbocycles. The lowest BCUT2D eigenvalue weighted by atomic mass is 10.2. The van der Waals surface area contributed by atoms with Crippen LogP contribution in [-0.2, 0) is 11.3 Å². The molecule has 0 spiro atoms. The summed E-state index contributed by atoms with van der Waals surface area (Å²) in [4.78, 5) is 12.3. The first-order valence-electron chi connectivity index (χ1n) is 8.74. The highest BCUT2D eigenvalue weighted by atomic mass is 35.5. The summed E-state index contributed by atoms with van der Waals surface area (Å²) in [6.07, 6.45) is 1.72. The second-order valence-electron chi connectivity index (χ2n) is 5.95. The summed E-state index contributed by atoms with van der Waals surface area (Å²) in [6.45, 7) is 1.34. The summed E-state index contributed by atoms with van der Waals surface area (Å²) in [5.41, 5.74) is 1.31. The van der Waals surface area contributed by atoms with E-state index < -0.39 is 6.61 Å². The average molecular weight is 451 g/mol. The maximum atomic E-state index is 12.3. The summed E-state index contributed by atoms with van der Waals surface area (Å²) in [7, 11) is 0. The zero-order valence-electron chi connectivity index (χ0n) is 15.6. The molecule has 0 bridgehead atoms. The van der Waals surface area contributed by atoms with Gasteiger partial charge in [0.2, 0.25) is 5.91 Å². The first-order chi connectivity index (χ1) is 14.5. The van der Waals surface area contributed by atoms with E-state index in [0.717, 1.165) is 5.56 Å². The molecule has 6 nitrogen and oxygen atoms in total. The van der Waals surface area contributed by atoms with E-state index in [0.29, 0.717) is 28.2 Å². The summed E-state index contributed by atoms with van der Waals surface area (Å²) < 4.78 is 30.5. The molecule has 0 aliphatic carbocycles. The molecule has 156 valence electrons. The summed E-state index contributed by atoms with van der Waals surface area (Å²) in [6, 6.07) is 12.9. The van der Waals surface area contributed by atoms with E-state index in [9.17, 15) is 13.6 Å². The Hall–Kier alpha value is -2.91. The van der Waals surface area contributed by atoms with Gasteiger partial charge in [0.25, 0.3) is 0 Å². The Balaban J connectivity index is 1.64. The zero-order valence-corrected chi connectivity index (χ0v) is 17.2. The first-order valence-corrected chi connectivity index (χ1v) is 10.1. The Morgan fingerprint density at radius 1 is 1.20 bits per heavy atom. The van der Waals surface area contributed by atoms with Crippen LogP contribution in [0.2, 0.25) is 5.02 Å². The number of rotatable bonds is 9. The lowest BCUT2D eigenvalue weighted by Gasteiger charge is -2.09.